The van der Waals surface area contributed by atoms with Gasteiger partial charge >= 0.3 is 0 Å². The van der Waals surface area contributed by atoms with Crippen LogP contribution >= 0.6 is 11.6 Å². The van der Waals surface area contributed by atoms with Crippen molar-refractivity contribution in [3.8, 4) is 0 Å². The summed E-state index contributed by atoms with van der Waals surface area (Å²) in [5.41, 5.74) is 3.05. The SMILES string of the molecule is COC1(Cn2c(CCl)nc3ccc(C)cc32)CCOC1. The van der Waals surface area contributed by atoms with Crippen molar-refractivity contribution < 1.29 is 9.47 Å². The highest BCUT2D eigenvalue weighted by atomic mass is 35.5. The zero-order valence-corrected chi connectivity index (χ0v) is 12.6. The lowest BCUT2D eigenvalue weighted by Crippen LogP contribution is -2.37. The number of aryl methyl sites for hydroxylation is 1. The second-order valence-electron chi connectivity index (χ2n) is 5.43. The molecule has 1 atom stereocenters. The fraction of sp³-hybridized carbons (Fsp3) is 0.533. The van der Waals surface area contributed by atoms with E-state index in [-0.39, 0.29) is 5.60 Å². The van der Waals surface area contributed by atoms with Crippen LogP contribution in [0, 0.1) is 6.92 Å². The number of alkyl halides is 1. The van der Waals surface area contributed by atoms with Crippen LogP contribution in [-0.4, -0.2) is 35.5 Å². The maximum Gasteiger partial charge on any atom is 0.124 e. The molecule has 1 aromatic carbocycles. The summed E-state index contributed by atoms with van der Waals surface area (Å²) < 4.78 is 13.4. The van der Waals surface area contributed by atoms with Crippen LogP contribution in [0.3, 0.4) is 0 Å². The van der Waals surface area contributed by atoms with E-state index < -0.39 is 0 Å². The first kappa shape index (κ1) is 13.9. The van der Waals surface area contributed by atoms with Crippen molar-refractivity contribution in [3.05, 3.63) is 29.6 Å². The Bertz CT molecular complexity index is 618. The number of halogens is 1. The van der Waals surface area contributed by atoms with E-state index in [1.54, 1.807) is 7.11 Å². The molecule has 0 amide bonds. The van der Waals surface area contributed by atoms with E-state index in [2.05, 4.69) is 28.6 Å². The Morgan fingerprint density at radius 3 is 3.00 bits per heavy atom. The average Bonchev–Trinajstić information content (AvgIpc) is 3.05. The number of hydrogen-bond donors (Lipinski definition) is 0. The number of hydrogen-bond acceptors (Lipinski definition) is 3. The van der Waals surface area contributed by atoms with Crippen LogP contribution < -0.4 is 0 Å². The van der Waals surface area contributed by atoms with Crippen molar-refractivity contribution in [2.45, 2.75) is 31.4 Å². The van der Waals surface area contributed by atoms with E-state index in [9.17, 15) is 0 Å². The van der Waals surface area contributed by atoms with Gasteiger partial charge in [-0.3, -0.25) is 0 Å². The van der Waals surface area contributed by atoms with Crippen molar-refractivity contribution in [1.82, 2.24) is 9.55 Å². The Labute approximate surface area is 123 Å². The van der Waals surface area contributed by atoms with Crippen molar-refractivity contribution in [1.29, 1.82) is 0 Å². The molecule has 3 rings (SSSR count). The zero-order valence-electron chi connectivity index (χ0n) is 11.9. The molecule has 108 valence electrons. The molecular weight excluding hydrogens is 276 g/mol. The Balaban J connectivity index is 2.06. The van der Waals surface area contributed by atoms with Gasteiger partial charge in [0.15, 0.2) is 0 Å². The van der Waals surface area contributed by atoms with E-state index in [0.717, 1.165) is 36.4 Å². The molecule has 0 saturated carbocycles. The molecule has 0 spiro atoms. The molecule has 20 heavy (non-hydrogen) atoms. The smallest absolute Gasteiger partial charge is 0.124 e. The highest BCUT2D eigenvalue weighted by Crippen LogP contribution is 2.28. The minimum absolute atomic E-state index is 0.266. The third-order valence-corrected chi connectivity index (χ3v) is 4.29. The molecule has 0 N–H and O–H groups in total. The van der Waals surface area contributed by atoms with E-state index in [4.69, 9.17) is 21.1 Å². The molecular formula is C15H19ClN2O2. The van der Waals surface area contributed by atoms with Crippen LogP contribution in [0.15, 0.2) is 18.2 Å². The average molecular weight is 295 g/mol. The quantitative estimate of drug-likeness (QED) is 0.814. The normalized spacial score (nSPS) is 22.8. The van der Waals surface area contributed by atoms with Gasteiger partial charge in [0.25, 0.3) is 0 Å². The number of aromatic nitrogens is 2. The summed E-state index contributed by atoms with van der Waals surface area (Å²) in [6.07, 6.45) is 0.900. The summed E-state index contributed by atoms with van der Waals surface area (Å²) in [4.78, 5) is 4.61. The van der Waals surface area contributed by atoms with Crippen molar-refractivity contribution in [3.63, 3.8) is 0 Å². The van der Waals surface area contributed by atoms with Gasteiger partial charge in [-0.25, -0.2) is 4.98 Å². The van der Waals surface area contributed by atoms with Crippen molar-refractivity contribution in [2.24, 2.45) is 0 Å². The first-order chi connectivity index (χ1) is 9.67. The highest BCUT2D eigenvalue weighted by molar-refractivity contribution is 6.16. The molecule has 1 aromatic heterocycles. The van der Waals surface area contributed by atoms with Gasteiger partial charge in [-0.15, -0.1) is 11.6 Å². The maximum atomic E-state index is 6.06. The zero-order chi connectivity index (χ0) is 14.2. The molecule has 0 radical (unpaired) electrons. The molecule has 1 aliphatic rings. The predicted octanol–water partition coefficient (Wildman–Crippen LogP) is 2.89. The summed E-state index contributed by atoms with van der Waals surface area (Å²) in [6.45, 7) is 4.18. The van der Waals surface area contributed by atoms with Crippen molar-refractivity contribution >= 4 is 22.6 Å². The lowest BCUT2D eigenvalue weighted by molar-refractivity contribution is -0.0291. The van der Waals surface area contributed by atoms with Gasteiger partial charge in [-0.05, 0) is 24.6 Å². The lowest BCUT2D eigenvalue weighted by Gasteiger charge is -2.27. The Morgan fingerprint density at radius 1 is 1.50 bits per heavy atom. The molecule has 0 aliphatic carbocycles. The van der Waals surface area contributed by atoms with E-state index in [1.165, 1.54) is 5.56 Å². The van der Waals surface area contributed by atoms with Crippen LogP contribution in [0.2, 0.25) is 0 Å². The summed E-state index contributed by atoms with van der Waals surface area (Å²) in [6, 6.07) is 6.27. The molecule has 1 unspecified atom stereocenters. The molecule has 2 heterocycles. The van der Waals surface area contributed by atoms with E-state index >= 15 is 0 Å². The molecule has 0 bridgehead atoms. The number of fused-ring (bicyclic) bond motifs is 1. The number of ether oxygens (including phenoxy) is 2. The fourth-order valence-corrected chi connectivity index (χ4v) is 2.99. The summed E-state index contributed by atoms with van der Waals surface area (Å²) in [5.74, 6) is 1.28. The number of nitrogens with zero attached hydrogens (tertiary/aromatic N) is 2. The second kappa shape index (κ2) is 5.35. The molecule has 1 aliphatic heterocycles. The highest BCUT2D eigenvalue weighted by Gasteiger charge is 2.36. The van der Waals surface area contributed by atoms with Crippen LogP contribution in [0.25, 0.3) is 11.0 Å². The first-order valence-corrected chi connectivity index (χ1v) is 7.35. The van der Waals surface area contributed by atoms with Gasteiger partial charge in [0.2, 0.25) is 0 Å². The number of benzene rings is 1. The number of rotatable bonds is 4. The van der Waals surface area contributed by atoms with Gasteiger partial charge < -0.3 is 14.0 Å². The van der Waals surface area contributed by atoms with Gasteiger partial charge in [-0.1, -0.05) is 6.07 Å². The predicted molar refractivity (Wildman–Crippen MR) is 79.2 cm³/mol. The summed E-state index contributed by atoms with van der Waals surface area (Å²) in [5, 5.41) is 0. The van der Waals surface area contributed by atoms with E-state index in [0.29, 0.717) is 12.5 Å². The maximum absolute atomic E-state index is 6.06. The third-order valence-electron chi connectivity index (χ3n) is 4.05. The minimum Gasteiger partial charge on any atom is -0.378 e. The fourth-order valence-electron chi connectivity index (χ4n) is 2.79. The number of imidazole rings is 1. The standard InChI is InChI=1S/C15H19ClN2O2/c1-11-3-4-12-13(7-11)18(14(8-16)17-12)9-15(19-2)5-6-20-10-15/h3-4,7H,5-6,8-10H2,1-2H3. The summed E-state index contributed by atoms with van der Waals surface area (Å²) >= 11 is 6.06. The van der Waals surface area contributed by atoms with Crippen LogP contribution in [-0.2, 0) is 21.9 Å². The largest absolute Gasteiger partial charge is 0.378 e. The Kier molecular flexibility index (Phi) is 3.71. The van der Waals surface area contributed by atoms with Crippen molar-refractivity contribution in [2.75, 3.05) is 20.3 Å². The summed E-state index contributed by atoms with van der Waals surface area (Å²) in [7, 11) is 1.75. The minimum atomic E-state index is -0.266. The van der Waals surface area contributed by atoms with Gasteiger partial charge in [-0.2, -0.15) is 0 Å². The third kappa shape index (κ3) is 2.32. The van der Waals surface area contributed by atoms with Crippen LogP contribution in [0.4, 0.5) is 0 Å². The Morgan fingerprint density at radius 2 is 2.35 bits per heavy atom. The van der Waals surface area contributed by atoms with Gasteiger partial charge in [0.1, 0.15) is 11.4 Å². The van der Waals surface area contributed by atoms with E-state index in [1.807, 2.05) is 6.07 Å². The first-order valence-electron chi connectivity index (χ1n) is 6.82. The lowest BCUT2D eigenvalue weighted by atomic mass is 10.0. The Hall–Kier alpha value is -1.10. The van der Waals surface area contributed by atoms with Gasteiger partial charge in [0.05, 0.1) is 30.1 Å². The number of methoxy groups -OCH3 is 1. The monoisotopic (exact) mass is 294 g/mol. The molecule has 1 saturated heterocycles. The molecule has 1 fully saturated rings. The molecule has 5 heteroatoms. The molecule has 2 aromatic rings. The topological polar surface area (TPSA) is 36.3 Å². The van der Waals surface area contributed by atoms with Crippen LogP contribution in [0.1, 0.15) is 17.8 Å². The van der Waals surface area contributed by atoms with Crippen LogP contribution in [0.5, 0.6) is 0 Å². The second-order valence-corrected chi connectivity index (χ2v) is 5.70. The van der Waals surface area contributed by atoms with Gasteiger partial charge in [0, 0.05) is 20.1 Å². The molecule has 4 nitrogen and oxygen atoms in total.